The van der Waals surface area contributed by atoms with Crippen LogP contribution >= 0.6 is 0 Å². The number of carbonyl (C=O) groups excluding carboxylic acids is 1. The van der Waals surface area contributed by atoms with Gasteiger partial charge in [-0.15, -0.1) is 0 Å². The van der Waals surface area contributed by atoms with Crippen LogP contribution in [0.15, 0.2) is 60.8 Å². The molecule has 146 valence electrons. The van der Waals surface area contributed by atoms with Crippen molar-refractivity contribution in [2.75, 3.05) is 5.32 Å². The summed E-state index contributed by atoms with van der Waals surface area (Å²) in [6, 6.07) is 10.5. The van der Waals surface area contributed by atoms with E-state index in [1.54, 1.807) is 0 Å². The fourth-order valence-corrected chi connectivity index (χ4v) is 2.42. The van der Waals surface area contributed by atoms with E-state index in [2.05, 4.69) is 10.4 Å². The fraction of sp³-hybridized carbons (Fsp3) is 0.111. The Bertz CT molecular complexity index is 990. The summed E-state index contributed by atoms with van der Waals surface area (Å²) < 4.78 is 77.7. The number of carbonyl (C=O) groups is 1. The summed E-state index contributed by atoms with van der Waals surface area (Å²) in [7, 11) is 0. The standard InChI is InChI=1S/C18H11F6N3O/c19-17(20,21)13-3-1-2-4-14(13)25-16(28)11-5-7-12(8-6-11)27-10-9-15(26-27)18(22,23)24/h1-10H,(H,25,28). The Morgan fingerprint density at radius 2 is 1.50 bits per heavy atom. The minimum absolute atomic E-state index is 0.0314. The molecule has 3 aromatic rings. The average Bonchev–Trinajstić information content (AvgIpc) is 3.12. The van der Waals surface area contributed by atoms with Crippen LogP contribution < -0.4 is 5.32 Å². The van der Waals surface area contributed by atoms with Crippen LogP contribution in [0.1, 0.15) is 21.6 Å². The summed E-state index contributed by atoms with van der Waals surface area (Å²) in [5.41, 5.74) is -2.17. The molecule has 0 aliphatic carbocycles. The number of benzene rings is 2. The molecule has 0 spiro atoms. The molecule has 28 heavy (non-hydrogen) atoms. The van der Waals surface area contributed by atoms with E-state index in [4.69, 9.17) is 0 Å². The number of hydrogen-bond acceptors (Lipinski definition) is 2. The number of rotatable bonds is 3. The van der Waals surface area contributed by atoms with Gasteiger partial charge in [-0.1, -0.05) is 12.1 Å². The minimum Gasteiger partial charge on any atom is -0.321 e. The predicted octanol–water partition coefficient (Wildman–Crippen LogP) is 5.16. The highest BCUT2D eigenvalue weighted by molar-refractivity contribution is 6.04. The normalized spacial score (nSPS) is 12.1. The first-order chi connectivity index (χ1) is 13.1. The van der Waals surface area contributed by atoms with Crippen molar-refractivity contribution < 1.29 is 31.1 Å². The van der Waals surface area contributed by atoms with Crippen LogP contribution in [0, 0.1) is 0 Å². The average molecular weight is 399 g/mol. The van der Waals surface area contributed by atoms with Gasteiger partial charge in [0, 0.05) is 11.8 Å². The second-order valence-electron chi connectivity index (χ2n) is 5.69. The molecule has 0 atom stereocenters. The van der Waals surface area contributed by atoms with Crippen molar-refractivity contribution in [3.05, 3.63) is 77.6 Å². The monoisotopic (exact) mass is 399 g/mol. The van der Waals surface area contributed by atoms with Crippen LogP contribution in [0.4, 0.5) is 32.0 Å². The lowest BCUT2D eigenvalue weighted by Crippen LogP contribution is -2.16. The highest BCUT2D eigenvalue weighted by atomic mass is 19.4. The number of aromatic nitrogens is 2. The number of halogens is 6. The first kappa shape index (κ1) is 19.5. The van der Waals surface area contributed by atoms with E-state index >= 15 is 0 Å². The van der Waals surface area contributed by atoms with Gasteiger partial charge in [0.25, 0.3) is 5.91 Å². The van der Waals surface area contributed by atoms with Crippen LogP contribution in [0.2, 0.25) is 0 Å². The van der Waals surface area contributed by atoms with Gasteiger partial charge in [0.1, 0.15) is 0 Å². The van der Waals surface area contributed by atoms with Gasteiger partial charge in [-0.3, -0.25) is 4.79 Å². The molecule has 0 bridgehead atoms. The van der Waals surface area contributed by atoms with Gasteiger partial charge in [0.2, 0.25) is 0 Å². The Kier molecular flexibility index (Phi) is 4.88. The Balaban J connectivity index is 1.79. The second kappa shape index (κ2) is 7.02. The zero-order chi connectivity index (χ0) is 20.5. The topological polar surface area (TPSA) is 46.9 Å². The molecule has 1 N–H and O–H groups in total. The maximum atomic E-state index is 13.0. The molecular weight excluding hydrogens is 388 g/mol. The van der Waals surface area contributed by atoms with Crippen LogP contribution in [-0.2, 0) is 12.4 Å². The lowest BCUT2D eigenvalue weighted by Gasteiger charge is -2.13. The first-order valence-corrected chi connectivity index (χ1v) is 7.76. The lowest BCUT2D eigenvalue weighted by molar-refractivity contribution is -0.141. The molecule has 1 aromatic heterocycles. The number of anilines is 1. The smallest absolute Gasteiger partial charge is 0.321 e. The third-order valence-corrected chi connectivity index (χ3v) is 3.75. The molecule has 0 radical (unpaired) electrons. The molecule has 3 rings (SSSR count). The summed E-state index contributed by atoms with van der Waals surface area (Å²) in [6.45, 7) is 0. The zero-order valence-corrected chi connectivity index (χ0v) is 13.8. The number of nitrogens with zero attached hydrogens (tertiary/aromatic N) is 2. The minimum atomic E-state index is -4.63. The van der Waals surface area contributed by atoms with E-state index < -0.39 is 35.2 Å². The van der Waals surface area contributed by atoms with Gasteiger partial charge >= 0.3 is 12.4 Å². The van der Waals surface area contributed by atoms with Crippen LogP contribution in [-0.4, -0.2) is 15.7 Å². The molecule has 0 saturated carbocycles. The predicted molar refractivity (Wildman–Crippen MR) is 88.0 cm³/mol. The van der Waals surface area contributed by atoms with Crippen LogP contribution in [0.3, 0.4) is 0 Å². The number of alkyl halides is 6. The van der Waals surface area contributed by atoms with Crippen LogP contribution in [0.25, 0.3) is 5.69 Å². The van der Waals surface area contributed by atoms with E-state index in [-0.39, 0.29) is 11.3 Å². The zero-order valence-electron chi connectivity index (χ0n) is 13.8. The Hall–Kier alpha value is -3.30. The van der Waals surface area contributed by atoms with Gasteiger partial charge in [-0.05, 0) is 42.5 Å². The molecular formula is C18H11F6N3O. The summed E-state index contributed by atoms with van der Waals surface area (Å²) in [5.74, 6) is -0.792. The van der Waals surface area contributed by atoms with Crippen molar-refractivity contribution in [3.63, 3.8) is 0 Å². The molecule has 4 nitrogen and oxygen atoms in total. The second-order valence-corrected chi connectivity index (χ2v) is 5.69. The van der Waals surface area contributed by atoms with Gasteiger partial charge in [-0.2, -0.15) is 31.4 Å². The molecule has 0 fully saturated rings. The molecule has 1 amide bonds. The van der Waals surface area contributed by atoms with E-state index in [0.29, 0.717) is 0 Å². The van der Waals surface area contributed by atoms with Gasteiger partial charge < -0.3 is 5.32 Å². The summed E-state index contributed by atoms with van der Waals surface area (Å²) in [5, 5.41) is 5.59. The molecule has 0 saturated heterocycles. The molecule has 2 aromatic carbocycles. The maximum absolute atomic E-state index is 13.0. The fourth-order valence-electron chi connectivity index (χ4n) is 2.42. The number of nitrogens with one attached hydrogen (secondary N) is 1. The maximum Gasteiger partial charge on any atom is 0.435 e. The largest absolute Gasteiger partial charge is 0.435 e. The van der Waals surface area contributed by atoms with Crippen molar-refractivity contribution in [2.24, 2.45) is 0 Å². The molecule has 0 aliphatic rings. The Labute approximate surface area is 154 Å². The van der Waals surface area contributed by atoms with Gasteiger partial charge in [0.05, 0.1) is 16.9 Å². The third kappa shape index (κ3) is 4.16. The highest BCUT2D eigenvalue weighted by Crippen LogP contribution is 2.34. The van der Waals surface area contributed by atoms with E-state index in [1.807, 2.05) is 0 Å². The molecule has 1 heterocycles. The van der Waals surface area contributed by atoms with Crippen molar-refractivity contribution in [1.82, 2.24) is 9.78 Å². The van der Waals surface area contributed by atoms with Gasteiger partial charge in [0.15, 0.2) is 5.69 Å². The number of para-hydroxylation sites is 1. The van der Waals surface area contributed by atoms with Crippen molar-refractivity contribution >= 4 is 11.6 Å². The van der Waals surface area contributed by atoms with E-state index in [0.717, 1.165) is 29.1 Å². The van der Waals surface area contributed by atoms with Crippen molar-refractivity contribution in [3.8, 4) is 5.69 Å². The third-order valence-electron chi connectivity index (χ3n) is 3.75. The summed E-state index contributed by atoms with van der Waals surface area (Å²) >= 11 is 0. The van der Waals surface area contributed by atoms with E-state index in [9.17, 15) is 31.1 Å². The van der Waals surface area contributed by atoms with Crippen molar-refractivity contribution in [2.45, 2.75) is 12.4 Å². The lowest BCUT2D eigenvalue weighted by atomic mass is 10.1. The highest BCUT2D eigenvalue weighted by Gasteiger charge is 2.34. The quantitative estimate of drug-likeness (QED) is 0.619. The molecule has 0 aliphatic heterocycles. The Morgan fingerprint density at radius 3 is 2.07 bits per heavy atom. The molecule has 10 heteroatoms. The number of amides is 1. The van der Waals surface area contributed by atoms with Crippen LogP contribution in [0.5, 0.6) is 0 Å². The first-order valence-electron chi connectivity index (χ1n) is 7.76. The van der Waals surface area contributed by atoms with Gasteiger partial charge in [-0.25, -0.2) is 4.68 Å². The summed E-state index contributed by atoms with van der Waals surface area (Å²) in [6.07, 6.45) is -8.11. The SMILES string of the molecule is O=C(Nc1ccccc1C(F)(F)F)c1ccc(-n2ccc(C(F)(F)F)n2)cc1. The summed E-state index contributed by atoms with van der Waals surface area (Å²) in [4.78, 5) is 12.2. The van der Waals surface area contributed by atoms with Crippen molar-refractivity contribution in [1.29, 1.82) is 0 Å². The number of hydrogen-bond donors (Lipinski definition) is 1. The Morgan fingerprint density at radius 1 is 0.857 bits per heavy atom. The molecule has 0 unspecified atom stereocenters. The van der Waals surface area contributed by atoms with E-state index in [1.165, 1.54) is 36.4 Å².